The molecule has 0 fully saturated rings. The van der Waals surface area contributed by atoms with E-state index >= 15 is 0 Å². The highest BCUT2D eigenvalue weighted by molar-refractivity contribution is 5.63. The number of nitrogens with zero attached hydrogens (tertiary/aromatic N) is 4. The minimum atomic E-state index is 1.13. The third kappa shape index (κ3) is 1.49. The highest BCUT2D eigenvalue weighted by Crippen LogP contribution is 2.19. The fourth-order valence-corrected chi connectivity index (χ4v) is 2.25. The van der Waals surface area contributed by atoms with Crippen molar-refractivity contribution in [2.45, 2.75) is 6.92 Å². The minimum absolute atomic E-state index is 1.13. The van der Waals surface area contributed by atoms with Crippen LogP contribution < -0.4 is 15.6 Å². The fraction of sp³-hybridized carbons (Fsp3) is 0.214. The van der Waals surface area contributed by atoms with E-state index in [1.165, 1.54) is 10.9 Å². The normalized spacial score (nSPS) is 14.5. The third-order valence-corrected chi connectivity index (χ3v) is 3.45. The summed E-state index contributed by atoms with van der Waals surface area (Å²) < 4.78 is 1.90. The number of aryl methyl sites for hydroxylation is 1. The van der Waals surface area contributed by atoms with Gasteiger partial charge in [0.05, 0.1) is 23.4 Å². The van der Waals surface area contributed by atoms with Gasteiger partial charge >= 0.3 is 0 Å². The van der Waals surface area contributed by atoms with E-state index in [1.807, 2.05) is 36.1 Å². The third-order valence-electron chi connectivity index (χ3n) is 3.45. The zero-order valence-corrected chi connectivity index (χ0v) is 10.8. The predicted molar refractivity (Wildman–Crippen MR) is 72.7 cm³/mol. The Hall–Kier alpha value is -2.23. The van der Waals surface area contributed by atoms with Crippen molar-refractivity contribution in [2.75, 3.05) is 12.1 Å². The molecule has 92 valence electrons. The Morgan fingerprint density at radius 3 is 2.50 bits per heavy atom. The summed E-state index contributed by atoms with van der Waals surface area (Å²) in [5.74, 6) is 0. The molecule has 2 heterocycles. The molecular formula is C14H16N4. The maximum atomic E-state index is 4.32. The van der Waals surface area contributed by atoms with Crippen molar-refractivity contribution in [3.8, 4) is 0 Å². The highest BCUT2D eigenvalue weighted by atomic mass is 15.6. The lowest BCUT2D eigenvalue weighted by Crippen LogP contribution is -2.47. The second-order valence-corrected chi connectivity index (χ2v) is 4.49. The number of rotatable bonds is 1. The van der Waals surface area contributed by atoms with Crippen LogP contribution in [0.25, 0.3) is 11.9 Å². The van der Waals surface area contributed by atoms with Crippen molar-refractivity contribution in [3.05, 3.63) is 47.1 Å². The molecule has 1 aliphatic heterocycles. The van der Waals surface area contributed by atoms with Gasteiger partial charge in [0.15, 0.2) is 0 Å². The van der Waals surface area contributed by atoms with Gasteiger partial charge in [-0.25, -0.2) is 0 Å². The molecule has 1 aromatic carbocycles. The quantitative estimate of drug-likeness (QED) is 0.731. The summed E-state index contributed by atoms with van der Waals surface area (Å²) in [4.78, 5) is 0. The summed E-state index contributed by atoms with van der Waals surface area (Å²) in [5.41, 5.74) is 2.34. The summed E-state index contributed by atoms with van der Waals surface area (Å²) in [6.45, 7) is 2.11. The van der Waals surface area contributed by atoms with E-state index in [-0.39, 0.29) is 0 Å². The molecule has 0 radical (unpaired) electrons. The number of hydrogen-bond donors (Lipinski definition) is 0. The molecule has 4 nitrogen and oxygen atoms in total. The van der Waals surface area contributed by atoms with Gasteiger partial charge < -0.3 is 0 Å². The molecule has 0 N–H and O–H groups in total. The number of hydrogen-bond acceptors (Lipinski definition) is 3. The molecule has 4 heteroatoms. The SMILES string of the molecule is CC1=c2cnn(C)c2=CN(c2ccccc2)N1C. The molecule has 0 unspecified atom stereocenters. The summed E-state index contributed by atoms with van der Waals surface area (Å²) >= 11 is 0. The van der Waals surface area contributed by atoms with Gasteiger partial charge in [0.1, 0.15) is 0 Å². The Kier molecular flexibility index (Phi) is 2.37. The zero-order valence-electron chi connectivity index (χ0n) is 10.8. The summed E-state index contributed by atoms with van der Waals surface area (Å²) in [7, 11) is 4.03. The summed E-state index contributed by atoms with van der Waals surface area (Å²) in [5, 5.41) is 10.9. The van der Waals surface area contributed by atoms with Gasteiger partial charge in [-0.3, -0.25) is 14.7 Å². The molecule has 3 rings (SSSR count). The smallest absolute Gasteiger partial charge is 0.0879 e. The summed E-state index contributed by atoms with van der Waals surface area (Å²) in [6.07, 6.45) is 4.03. The largest absolute Gasteiger partial charge is 0.288 e. The van der Waals surface area contributed by atoms with Crippen LogP contribution >= 0.6 is 0 Å². The summed E-state index contributed by atoms with van der Waals surface area (Å²) in [6, 6.07) is 10.3. The van der Waals surface area contributed by atoms with Gasteiger partial charge in [-0.2, -0.15) is 5.10 Å². The molecule has 0 saturated heterocycles. The van der Waals surface area contributed by atoms with Gasteiger partial charge in [0, 0.05) is 25.0 Å². The van der Waals surface area contributed by atoms with Crippen molar-refractivity contribution in [2.24, 2.45) is 7.05 Å². The van der Waals surface area contributed by atoms with Gasteiger partial charge in [-0.15, -0.1) is 0 Å². The zero-order chi connectivity index (χ0) is 12.7. The molecule has 0 aliphatic carbocycles. The van der Waals surface area contributed by atoms with Crippen LogP contribution in [-0.4, -0.2) is 21.8 Å². The molecule has 1 aliphatic rings. The van der Waals surface area contributed by atoms with E-state index in [0.29, 0.717) is 0 Å². The number of para-hydroxylation sites is 1. The Morgan fingerprint density at radius 2 is 1.78 bits per heavy atom. The van der Waals surface area contributed by atoms with Crippen LogP contribution in [0.5, 0.6) is 0 Å². The second kappa shape index (κ2) is 3.91. The molecule has 0 saturated carbocycles. The maximum absolute atomic E-state index is 4.32. The average Bonchev–Trinajstić information content (AvgIpc) is 2.77. The van der Waals surface area contributed by atoms with Crippen LogP contribution in [0.1, 0.15) is 6.92 Å². The Bertz CT molecular complexity index is 684. The Morgan fingerprint density at radius 1 is 1.06 bits per heavy atom. The van der Waals surface area contributed by atoms with Crippen molar-refractivity contribution in [1.29, 1.82) is 0 Å². The van der Waals surface area contributed by atoms with Gasteiger partial charge in [0.25, 0.3) is 0 Å². The van der Waals surface area contributed by atoms with Crippen LogP contribution in [0.2, 0.25) is 0 Å². The lowest BCUT2D eigenvalue weighted by Gasteiger charge is -2.34. The van der Waals surface area contributed by atoms with E-state index in [4.69, 9.17) is 0 Å². The van der Waals surface area contributed by atoms with Crippen LogP contribution in [0.15, 0.2) is 36.5 Å². The molecule has 2 aromatic rings. The first kappa shape index (κ1) is 10.9. The van der Waals surface area contributed by atoms with Crippen LogP contribution in [0, 0.1) is 0 Å². The molecule has 0 spiro atoms. The number of fused-ring (bicyclic) bond motifs is 1. The first-order chi connectivity index (χ1) is 8.68. The van der Waals surface area contributed by atoms with Gasteiger partial charge in [0.2, 0.25) is 0 Å². The van der Waals surface area contributed by atoms with E-state index in [1.54, 1.807) is 0 Å². The van der Waals surface area contributed by atoms with Crippen LogP contribution in [0.4, 0.5) is 5.69 Å². The lowest BCUT2D eigenvalue weighted by atomic mass is 10.2. The fourth-order valence-electron chi connectivity index (χ4n) is 2.25. The van der Waals surface area contributed by atoms with Crippen LogP contribution in [0.3, 0.4) is 0 Å². The van der Waals surface area contributed by atoms with E-state index < -0.39 is 0 Å². The number of hydrazine groups is 1. The first-order valence-electron chi connectivity index (χ1n) is 5.97. The van der Waals surface area contributed by atoms with E-state index in [9.17, 15) is 0 Å². The van der Waals surface area contributed by atoms with E-state index in [0.717, 1.165) is 11.0 Å². The first-order valence-corrected chi connectivity index (χ1v) is 5.97. The predicted octanol–water partition coefficient (Wildman–Crippen LogP) is 0.653. The van der Waals surface area contributed by atoms with Gasteiger partial charge in [-0.05, 0) is 19.1 Å². The molecule has 0 atom stereocenters. The van der Waals surface area contributed by atoms with Crippen molar-refractivity contribution >= 4 is 17.6 Å². The van der Waals surface area contributed by atoms with E-state index in [2.05, 4.69) is 47.4 Å². The number of aromatic nitrogens is 2. The monoisotopic (exact) mass is 240 g/mol. The molecule has 1 aromatic heterocycles. The second-order valence-electron chi connectivity index (χ2n) is 4.49. The van der Waals surface area contributed by atoms with Crippen molar-refractivity contribution < 1.29 is 0 Å². The van der Waals surface area contributed by atoms with Crippen molar-refractivity contribution in [1.82, 2.24) is 14.8 Å². The van der Waals surface area contributed by atoms with Crippen LogP contribution in [-0.2, 0) is 7.05 Å². The Balaban J connectivity index is 2.22. The van der Waals surface area contributed by atoms with Crippen molar-refractivity contribution in [3.63, 3.8) is 0 Å². The molecule has 0 bridgehead atoms. The maximum Gasteiger partial charge on any atom is 0.0879 e. The topological polar surface area (TPSA) is 24.3 Å². The number of anilines is 1. The highest BCUT2D eigenvalue weighted by Gasteiger charge is 2.16. The molecule has 0 amide bonds. The standard InChI is InChI=1S/C14H16N4/c1-11-13-9-15-16(2)14(13)10-18(17(11)3)12-7-5-4-6-8-12/h4-10H,1-3H3. The lowest BCUT2D eigenvalue weighted by molar-refractivity contribution is 0.485. The molecular weight excluding hydrogens is 224 g/mol. The molecule has 18 heavy (non-hydrogen) atoms. The van der Waals surface area contributed by atoms with Gasteiger partial charge in [-0.1, -0.05) is 18.2 Å². The minimum Gasteiger partial charge on any atom is -0.288 e. The number of benzene rings is 1. The average molecular weight is 240 g/mol. The Labute approximate surface area is 106 Å².